The Morgan fingerprint density at radius 1 is 1.31 bits per heavy atom. The first-order valence-corrected chi connectivity index (χ1v) is 6.14. The molecule has 2 fully saturated rings. The van der Waals surface area contributed by atoms with Crippen LogP contribution in [-0.2, 0) is 0 Å². The van der Waals surface area contributed by atoms with Crippen LogP contribution in [0.15, 0.2) is 0 Å². The number of nitrogens with zero attached hydrogens (tertiary/aromatic N) is 1. The number of hydrogen-bond donors (Lipinski definition) is 0. The molecule has 0 amide bonds. The second-order valence-electron chi connectivity index (χ2n) is 4.76. The largest absolute Gasteiger partial charge is 0.299 e. The van der Waals surface area contributed by atoms with Crippen LogP contribution < -0.4 is 0 Å². The fourth-order valence-corrected chi connectivity index (χ4v) is 2.87. The predicted octanol–water partition coefficient (Wildman–Crippen LogP) is 2.74. The summed E-state index contributed by atoms with van der Waals surface area (Å²) in [7, 11) is 0. The van der Waals surface area contributed by atoms with Gasteiger partial charge in [0.25, 0.3) is 0 Å². The molecule has 0 spiro atoms. The van der Waals surface area contributed by atoms with Crippen LogP contribution in [0.2, 0.25) is 0 Å². The van der Waals surface area contributed by atoms with E-state index in [4.69, 9.17) is 11.6 Å². The first-order chi connectivity index (χ1) is 6.31. The summed E-state index contributed by atoms with van der Waals surface area (Å²) in [5.41, 5.74) is 0. The maximum absolute atomic E-state index is 5.99. The molecule has 76 valence electrons. The number of rotatable bonds is 4. The Balaban J connectivity index is 1.76. The SMILES string of the molecule is CC1CCN(CCC2CC2)C1CCl. The third-order valence-electron chi connectivity index (χ3n) is 3.68. The fraction of sp³-hybridized carbons (Fsp3) is 1.00. The van der Waals surface area contributed by atoms with Gasteiger partial charge in [0.05, 0.1) is 0 Å². The number of likely N-dealkylation sites (tertiary alicyclic amines) is 1. The topological polar surface area (TPSA) is 3.24 Å². The minimum atomic E-state index is 0.667. The molecule has 1 saturated carbocycles. The van der Waals surface area contributed by atoms with Crippen LogP contribution in [-0.4, -0.2) is 29.9 Å². The molecule has 1 saturated heterocycles. The molecule has 0 aromatic carbocycles. The van der Waals surface area contributed by atoms with Crippen molar-refractivity contribution in [1.82, 2.24) is 4.90 Å². The van der Waals surface area contributed by atoms with Crippen LogP contribution in [0.3, 0.4) is 0 Å². The molecule has 2 unspecified atom stereocenters. The van der Waals surface area contributed by atoms with Crippen molar-refractivity contribution < 1.29 is 0 Å². The summed E-state index contributed by atoms with van der Waals surface area (Å²) < 4.78 is 0. The zero-order chi connectivity index (χ0) is 9.26. The maximum atomic E-state index is 5.99. The van der Waals surface area contributed by atoms with Gasteiger partial charge in [-0.3, -0.25) is 4.90 Å². The minimum absolute atomic E-state index is 0.667. The molecule has 2 aliphatic rings. The summed E-state index contributed by atoms with van der Waals surface area (Å²) in [5.74, 6) is 2.70. The van der Waals surface area contributed by atoms with Crippen LogP contribution in [0.25, 0.3) is 0 Å². The van der Waals surface area contributed by atoms with Crippen LogP contribution in [0.4, 0.5) is 0 Å². The van der Waals surface area contributed by atoms with Crippen molar-refractivity contribution in [2.24, 2.45) is 11.8 Å². The van der Waals surface area contributed by atoms with E-state index in [1.165, 1.54) is 38.8 Å². The van der Waals surface area contributed by atoms with Gasteiger partial charge in [-0.2, -0.15) is 0 Å². The quantitative estimate of drug-likeness (QED) is 0.633. The molecule has 2 heteroatoms. The maximum Gasteiger partial charge on any atom is 0.0382 e. The lowest BCUT2D eigenvalue weighted by Gasteiger charge is -2.24. The van der Waals surface area contributed by atoms with E-state index in [0.29, 0.717) is 6.04 Å². The zero-order valence-electron chi connectivity index (χ0n) is 8.51. The normalized spacial score (nSPS) is 35.5. The number of alkyl halides is 1. The summed E-state index contributed by atoms with van der Waals surface area (Å²) in [4.78, 5) is 2.61. The van der Waals surface area contributed by atoms with Crippen LogP contribution in [0, 0.1) is 11.8 Å². The van der Waals surface area contributed by atoms with Crippen molar-refractivity contribution in [1.29, 1.82) is 0 Å². The molecular formula is C11H20ClN. The first kappa shape index (κ1) is 9.79. The molecule has 13 heavy (non-hydrogen) atoms. The Morgan fingerprint density at radius 2 is 2.08 bits per heavy atom. The van der Waals surface area contributed by atoms with E-state index >= 15 is 0 Å². The number of halogens is 1. The van der Waals surface area contributed by atoms with Crippen molar-refractivity contribution in [3.63, 3.8) is 0 Å². The Labute approximate surface area is 86.4 Å². The average molecular weight is 202 g/mol. The molecule has 0 radical (unpaired) electrons. The van der Waals surface area contributed by atoms with Gasteiger partial charge in [0.15, 0.2) is 0 Å². The van der Waals surface area contributed by atoms with Gasteiger partial charge in [0, 0.05) is 11.9 Å². The summed E-state index contributed by atoms with van der Waals surface area (Å²) in [6.45, 7) is 4.92. The van der Waals surface area contributed by atoms with E-state index in [1.54, 1.807) is 0 Å². The van der Waals surface area contributed by atoms with Gasteiger partial charge in [-0.25, -0.2) is 0 Å². The smallest absolute Gasteiger partial charge is 0.0382 e. The third-order valence-corrected chi connectivity index (χ3v) is 3.99. The third kappa shape index (κ3) is 2.38. The summed E-state index contributed by atoms with van der Waals surface area (Å²) in [6, 6.07) is 0.667. The van der Waals surface area contributed by atoms with Crippen LogP contribution in [0.1, 0.15) is 32.6 Å². The van der Waals surface area contributed by atoms with Gasteiger partial charge in [-0.1, -0.05) is 19.8 Å². The molecule has 0 bridgehead atoms. The first-order valence-electron chi connectivity index (χ1n) is 5.61. The van der Waals surface area contributed by atoms with E-state index in [2.05, 4.69) is 11.8 Å². The standard InChI is InChI=1S/C11H20ClN/c1-9-4-6-13(11(9)8-12)7-5-10-2-3-10/h9-11H,2-8H2,1H3. The van der Waals surface area contributed by atoms with Crippen molar-refractivity contribution in [3.8, 4) is 0 Å². The van der Waals surface area contributed by atoms with Crippen molar-refractivity contribution in [3.05, 3.63) is 0 Å². The Kier molecular flexibility index (Phi) is 3.15. The molecule has 0 aromatic rings. The lowest BCUT2D eigenvalue weighted by molar-refractivity contribution is 0.243. The van der Waals surface area contributed by atoms with Crippen LogP contribution >= 0.6 is 11.6 Å². The molecule has 0 N–H and O–H groups in total. The summed E-state index contributed by atoms with van der Waals surface area (Å²) in [6.07, 6.45) is 5.73. The van der Waals surface area contributed by atoms with Crippen molar-refractivity contribution in [2.45, 2.75) is 38.6 Å². The van der Waals surface area contributed by atoms with Crippen molar-refractivity contribution in [2.75, 3.05) is 19.0 Å². The molecule has 1 aliphatic heterocycles. The fourth-order valence-electron chi connectivity index (χ4n) is 2.37. The Bertz CT molecular complexity index is 167. The van der Waals surface area contributed by atoms with Crippen molar-refractivity contribution >= 4 is 11.6 Å². The van der Waals surface area contributed by atoms with Gasteiger partial charge in [0.1, 0.15) is 0 Å². The number of hydrogen-bond acceptors (Lipinski definition) is 1. The van der Waals surface area contributed by atoms with E-state index in [9.17, 15) is 0 Å². The zero-order valence-corrected chi connectivity index (χ0v) is 9.26. The lowest BCUT2D eigenvalue weighted by Crippen LogP contribution is -2.34. The second-order valence-corrected chi connectivity index (χ2v) is 5.06. The van der Waals surface area contributed by atoms with E-state index in [1.807, 2.05) is 0 Å². The average Bonchev–Trinajstić information content (AvgIpc) is 2.88. The monoisotopic (exact) mass is 201 g/mol. The highest BCUT2D eigenvalue weighted by atomic mass is 35.5. The second kappa shape index (κ2) is 4.18. The molecule has 0 aromatic heterocycles. The van der Waals surface area contributed by atoms with Crippen LogP contribution in [0.5, 0.6) is 0 Å². The van der Waals surface area contributed by atoms with Gasteiger partial charge >= 0.3 is 0 Å². The van der Waals surface area contributed by atoms with Gasteiger partial charge in [-0.05, 0) is 37.8 Å². The highest BCUT2D eigenvalue weighted by molar-refractivity contribution is 6.18. The Morgan fingerprint density at radius 3 is 2.69 bits per heavy atom. The molecule has 1 aliphatic carbocycles. The lowest BCUT2D eigenvalue weighted by atomic mass is 10.1. The van der Waals surface area contributed by atoms with Gasteiger partial charge in [0.2, 0.25) is 0 Å². The summed E-state index contributed by atoms with van der Waals surface area (Å²) >= 11 is 5.99. The Hall–Kier alpha value is 0.250. The van der Waals surface area contributed by atoms with E-state index < -0.39 is 0 Å². The highest BCUT2D eigenvalue weighted by Gasteiger charge is 2.31. The minimum Gasteiger partial charge on any atom is -0.299 e. The van der Waals surface area contributed by atoms with Gasteiger partial charge in [-0.15, -0.1) is 11.6 Å². The van der Waals surface area contributed by atoms with E-state index in [0.717, 1.165) is 17.7 Å². The molecule has 1 nitrogen and oxygen atoms in total. The summed E-state index contributed by atoms with van der Waals surface area (Å²) in [5, 5.41) is 0. The molecule has 2 rings (SSSR count). The van der Waals surface area contributed by atoms with E-state index in [-0.39, 0.29) is 0 Å². The predicted molar refractivity (Wildman–Crippen MR) is 57.2 cm³/mol. The highest BCUT2D eigenvalue weighted by Crippen LogP contribution is 2.34. The molecule has 1 heterocycles. The molecular weight excluding hydrogens is 182 g/mol. The molecule has 2 atom stereocenters. The van der Waals surface area contributed by atoms with Gasteiger partial charge < -0.3 is 0 Å².